The van der Waals surface area contributed by atoms with Crippen molar-refractivity contribution in [3.05, 3.63) is 11.4 Å². The minimum Gasteiger partial charge on any atom is -0.387 e. The number of nitrogens with zero attached hydrogens (tertiary/aromatic N) is 2. The molecule has 13 heavy (non-hydrogen) atoms. The van der Waals surface area contributed by atoms with Crippen LogP contribution in [0.25, 0.3) is 0 Å². The van der Waals surface area contributed by atoms with Gasteiger partial charge in [0, 0.05) is 24.4 Å². The molecule has 0 aromatic carbocycles. The van der Waals surface area contributed by atoms with E-state index in [9.17, 15) is 0 Å². The predicted octanol–water partition coefficient (Wildman–Crippen LogP) is 0.776. The number of imidazole rings is 1. The first-order valence-corrected chi connectivity index (χ1v) is 5.18. The van der Waals surface area contributed by atoms with Crippen LogP contribution in [0.15, 0.2) is 5.16 Å². The second-order valence-electron chi connectivity index (χ2n) is 3.13. The molecule has 0 amide bonds. The van der Waals surface area contributed by atoms with E-state index < -0.39 is 0 Å². The summed E-state index contributed by atoms with van der Waals surface area (Å²) in [5.41, 5.74) is 7.46. The van der Waals surface area contributed by atoms with Gasteiger partial charge in [-0.25, -0.2) is 4.98 Å². The number of nitrogens with two attached hydrogens (primary N) is 1. The third-order valence-corrected chi connectivity index (χ3v) is 3.14. The van der Waals surface area contributed by atoms with Gasteiger partial charge in [0.05, 0.1) is 11.5 Å². The van der Waals surface area contributed by atoms with E-state index in [0.29, 0.717) is 6.42 Å². The number of amidine groups is 1. The van der Waals surface area contributed by atoms with E-state index in [2.05, 4.69) is 9.55 Å². The van der Waals surface area contributed by atoms with Crippen molar-refractivity contribution >= 4 is 17.6 Å². The molecule has 0 spiro atoms. The summed E-state index contributed by atoms with van der Waals surface area (Å²) in [6, 6.07) is 0. The zero-order valence-electron chi connectivity index (χ0n) is 7.50. The summed E-state index contributed by atoms with van der Waals surface area (Å²) >= 11 is 1.77. The molecule has 1 aliphatic heterocycles. The quantitative estimate of drug-likeness (QED) is 0.542. The monoisotopic (exact) mass is 196 g/mol. The van der Waals surface area contributed by atoms with Gasteiger partial charge in [-0.05, 0) is 6.92 Å². The Hall–Kier alpha value is -0.970. The molecule has 1 aromatic rings. The summed E-state index contributed by atoms with van der Waals surface area (Å²) in [6.07, 6.45) is 0.479. The number of rotatable bonds is 2. The van der Waals surface area contributed by atoms with Gasteiger partial charge in [0.1, 0.15) is 0 Å². The Morgan fingerprint density at radius 1 is 1.77 bits per heavy atom. The summed E-state index contributed by atoms with van der Waals surface area (Å²) in [5, 5.41) is 8.28. The van der Waals surface area contributed by atoms with Gasteiger partial charge in [0.15, 0.2) is 5.16 Å². The van der Waals surface area contributed by atoms with Crippen molar-refractivity contribution in [3.8, 4) is 0 Å². The number of hydrogen-bond donors (Lipinski definition) is 2. The largest absolute Gasteiger partial charge is 0.387 e. The van der Waals surface area contributed by atoms with Crippen LogP contribution in [0.3, 0.4) is 0 Å². The van der Waals surface area contributed by atoms with Crippen molar-refractivity contribution < 1.29 is 0 Å². The van der Waals surface area contributed by atoms with Gasteiger partial charge in [0.2, 0.25) is 0 Å². The second-order valence-corrected chi connectivity index (χ2v) is 4.19. The first-order valence-electron chi connectivity index (χ1n) is 4.20. The van der Waals surface area contributed by atoms with Crippen molar-refractivity contribution in [3.63, 3.8) is 0 Å². The Bertz CT molecular complexity index is 355. The Balaban J connectivity index is 2.33. The SMILES string of the molecule is Cc1c(CC(=N)N)nc2n1CCS2. The van der Waals surface area contributed by atoms with E-state index in [1.807, 2.05) is 6.92 Å². The summed E-state index contributed by atoms with van der Waals surface area (Å²) in [7, 11) is 0. The molecular formula is C8H12N4S. The van der Waals surface area contributed by atoms with Crippen LogP contribution in [0.2, 0.25) is 0 Å². The molecule has 0 fully saturated rings. The average molecular weight is 196 g/mol. The van der Waals surface area contributed by atoms with Crippen molar-refractivity contribution in [1.29, 1.82) is 5.41 Å². The summed E-state index contributed by atoms with van der Waals surface area (Å²) in [5.74, 6) is 1.30. The molecule has 70 valence electrons. The van der Waals surface area contributed by atoms with Gasteiger partial charge in [0.25, 0.3) is 0 Å². The number of aromatic nitrogens is 2. The third kappa shape index (κ3) is 1.44. The van der Waals surface area contributed by atoms with E-state index in [1.54, 1.807) is 11.8 Å². The Kier molecular flexibility index (Phi) is 2.03. The lowest BCUT2D eigenvalue weighted by molar-refractivity contribution is 0.698. The van der Waals surface area contributed by atoms with Crippen molar-refractivity contribution in [2.24, 2.45) is 5.73 Å². The maximum absolute atomic E-state index is 7.21. The fourth-order valence-corrected chi connectivity index (χ4v) is 2.52. The van der Waals surface area contributed by atoms with Crippen LogP contribution >= 0.6 is 11.8 Å². The Morgan fingerprint density at radius 2 is 2.54 bits per heavy atom. The fourth-order valence-electron chi connectivity index (χ4n) is 1.51. The maximum Gasteiger partial charge on any atom is 0.168 e. The van der Waals surface area contributed by atoms with Crippen LogP contribution < -0.4 is 5.73 Å². The fraction of sp³-hybridized carbons (Fsp3) is 0.500. The van der Waals surface area contributed by atoms with Gasteiger partial charge in [-0.1, -0.05) is 11.8 Å². The smallest absolute Gasteiger partial charge is 0.168 e. The highest BCUT2D eigenvalue weighted by Crippen LogP contribution is 2.27. The van der Waals surface area contributed by atoms with Gasteiger partial charge in [-0.3, -0.25) is 5.41 Å². The standard InChI is InChI=1S/C8H12N4S/c1-5-6(4-7(9)10)11-8-12(5)2-3-13-8/h2-4H2,1H3,(H3,9,10). The number of thioether (sulfide) groups is 1. The molecule has 1 aliphatic rings. The van der Waals surface area contributed by atoms with Crippen molar-refractivity contribution in [2.75, 3.05) is 5.75 Å². The normalized spacial score (nSPS) is 14.5. The highest BCUT2D eigenvalue weighted by molar-refractivity contribution is 7.99. The first kappa shape index (κ1) is 8.62. The molecule has 0 radical (unpaired) electrons. The molecule has 2 heterocycles. The van der Waals surface area contributed by atoms with Crippen LogP contribution in [0.5, 0.6) is 0 Å². The minimum atomic E-state index is 0.185. The molecule has 3 N–H and O–H groups in total. The summed E-state index contributed by atoms with van der Waals surface area (Å²) in [6.45, 7) is 3.08. The van der Waals surface area contributed by atoms with Crippen LogP contribution in [-0.2, 0) is 13.0 Å². The van der Waals surface area contributed by atoms with E-state index in [-0.39, 0.29) is 5.84 Å². The van der Waals surface area contributed by atoms with Crippen LogP contribution in [0, 0.1) is 12.3 Å². The lowest BCUT2D eigenvalue weighted by Gasteiger charge is -1.99. The first-order chi connectivity index (χ1) is 6.18. The third-order valence-electron chi connectivity index (χ3n) is 2.19. The van der Waals surface area contributed by atoms with E-state index >= 15 is 0 Å². The zero-order valence-corrected chi connectivity index (χ0v) is 8.32. The molecule has 5 heteroatoms. The Labute approximate surface area is 81.0 Å². The van der Waals surface area contributed by atoms with Crippen LogP contribution in [-0.4, -0.2) is 21.1 Å². The van der Waals surface area contributed by atoms with Crippen LogP contribution in [0.4, 0.5) is 0 Å². The topological polar surface area (TPSA) is 67.7 Å². The van der Waals surface area contributed by atoms with Gasteiger partial charge in [-0.15, -0.1) is 0 Å². The van der Waals surface area contributed by atoms with Crippen molar-refractivity contribution in [2.45, 2.75) is 25.0 Å². The molecule has 2 rings (SSSR count). The van der Waals surface area contributed by atoms with Gasteiger partial charge >= 0.3 is 0 Å². The summed E-state index contributed by atoms with van der Waals surface area (Å²) < 4.78 is 2.20. The molecule has 0 bridgehead atoms. The summed E-state index contributed by atoms with van der Waals surface area (Å²) in [4.78, 5) is 4.44. The second kappa shape index (κ2) is 3.06. The van der Waals surface area contributed by atoms with Crippen LogP contribution in [0.1, 0.15) is 11.4 Å². The lowest BCUT2D eigenvalue weighted by atomic mass is 10.2. The van der Waals surface area contributed by atoms with E-state index in [0.717, 1.165) is 28.8 Å². The molecule has 0 atom stereocenters. The number of hydrogen-bond acceptors (Lipinski definition) is 3. The Morgan fingerprint density at radius 3 is 3.15 bits per heavy atom. The molecule has 0 saturated heterocycles. The minimum absolute atomic E-state index is 0.185. The maximum atomic E-state index is 7.21. The van der Waals surface area contributed by atoms with E-state index in [1.165, 1.54) is 0 Å². The predicted molar refractivity (Wildman–Crippen MR) is 53.3 cm³/mol. The van der Waals surface area contributed by atoms with Gasteiger partial charge in [-0.2, -0.15) is 0 Å². The highest BCUT2D eigenvalue weighted by Gasteiger charge is 2.18. The average Bonchev–Trinajstić information content (AvgIpc) is 2.56. The molecule has 1 aromatic heterocycles. The number of nitrogens with one attached hydrogen (secondary N) is 1. The van der Waals surface area contributed by atoms with Gasteiger partial charge < -0.3 is 10.3 Å². The molecular weight excluding hydrogens is 184 g/mol. The molecule has 0 aliphatic carbocycles. The molecule has 0 unspecified atom stereocenters. The molecule has 0 saturated carbocycles. The molecule has 4 nitrogen and oxygen atoms in total. The van der Waals surface area contributed by atoms with E-state index in [4.69, 9.17) is 11.1 Å². The van der Waals surface area contributed by atoms with Crippen molar-refractivity contribution in [1.82, 2.24) is 9.55 Å². The zero-order chi connectivity index (χ0) is 9.42. The number of fused-ring (bicyclic) bond motifs is 1. The highest BCUT2D eigenvalue weighted by atomic mass is 32.2. The lowest BCUT2D eigenvalue weighted by Crippen LogP contribution is -2.14.